The zero-order valence-electron chi connectivity index (χ0n) is 77.2. The Morgan fingerprint density at radius 1 is 0.356 bits per heavy atom. The molecule has 6 aliphatic heterocycles. The number of fused-ring (bicyclic) bond motifs is 5. The van der Waals surface area contributed by atoms with Crippen LogP contribution in [-0.4, -0.2) is 250 Å². The highest BCUT2D eigenvalue weighted by Gasteiger charge is 2.52. The predicted octanol–water partition coefficient (Wildman–Crippen LogP) is 2.10. The number of nitrogens with one attached hydrogen (secondary N) is 5. The smallest absolute Gasteiger partial charge is 0.472 e. The number of nitrogen functional groups attached to an aromatic ring is 5. The van der Waals surface area contributed by atoms with Crippen molar-refractivity contribution in [2.24, 2.45) is 0 Å². The topological polar surface area (TPSA) is 865 Å². The number of anilines is 5. The Bertz CT molecular complexity index is 7950. The first-order valence-corrected chi connectivity index (χ1v) is 52.8. The van der Waals surface area contributed by atoms with Gasteiger partial charge in [0.05, 0.1) is 84.0 Å². The molecule has 14 aromatic rings. The Kier molecular flexibility index (Phi) is 29.2. The van der Waals surface area contributed by atoms with Gasteiger partial charge in [0.25, 0.3) is 27.8 Å². The van der Waals surface area contributed by atoms with Crippen LogP contribution in [0.1, 0.15) is 98.1 Å². The average molecular weight is 2170 g/mol. The molecule has 21 N–H and O–H groups in total. The lowest BCUT2D eigenvalue weighted by atomic mass is 10.2. The van der Waals surface area contributed by atoms with Crippen molar-refractivity contribution in [1.82, 2.24) is 107 Å². The summed E-state index contributed by atoms with van der Waals surface area (Å²) in [7, 11) is -27.8. The lowest BCUT2D eigenvalue weighted by molar-refractivity contribution is -0.0711. The predicted molar refractivity (Wildman–Crippen MR) is 504 cm³/mol. The molecule has 3 aromatic carbocycles. The van der Waals surface area contributed by atoms with Gasteiger partial charge in [-0.25, -0.2) is 62.5 Å². The summed E-state index contributed by atoms with van der Waals surface area (Å²) in [5, 5.41) is 11.1. The number of imidazole rings is 5. The number of benzene rings is 3. The van der Waals surface area contributed by atoms with Crippen LogP contribution in [-0.2, 0) is 121 Å². The summed E-state index contributed by atoms with van der Waals surface area (Å²) in [6.45, 7) is -3.88. The quantitative estimate of drug-likeness (QED) is 0.0244. The first-order chi connectivity index (χ1) is 71.2. The number of phosphoric acid groups is 5. The Morgan fingerprint density at radius 3 is 1.02 bits per heavy atom. The van der Waals surface area contributed by atoms with Gasteiger partial charge in [0.15, 0.2) is 56.1 Å². The maximum Gasteiger partial charge on any atom is 0.472 e. The molecular formula is C81H92N27O36P5. The molecule has 11 aromatic heterocycles. The SMILES string of the molecule is Cc1cn([C@H]2C[C@H](OP(=O)(O)OC[C@H]3O[C@@H](n4cnc5c(=O)[nH]c(N)nc54)C[C@@H]3OP(=O)(O)OC[C@H]3O[C@@H](n4cnc5c(=O)[nH]c(N)nc54)C[C@@H]3OP(=O)(O)OC[C@H]3O[C@@H](n4cnc5c(=O)[nH]c(N)nc54)C[C@@H]3OP(=O)(O)OC[C@H]3OC(n4cnc5c(N)ncnc54)C[C@@H]3OP(=O)(O)OC[C@H]3O[C@@H](n4cnc5c(=O)[nH]c(N)nc54)C[C@@H]3O)[C@@H](COCc3cc(OCc4ccccc4)cc(OCc4ccccc4)c3)O2)c(=O)[nH]c1=O. The van der Waals surface area contributed by atoms with Crippen LogP contribution in [0, 0.1) is 6.92 Å². The van der Waals surface area contributed by atoms with Crippen LogP contribution in [0.2, 0.25) is 0 Å². The second-order valence-corrected chi connectivity index (χ2v) is 41.9. The number of nitrogens with zero attached hydrogens (tertiary/aromatic N) is 17. The molecule has 6 aliphatic rings. The molecule has 0 aliphatic carbocycles. The molecule has 17 heterocycles. The maximum atomic E-state index is 14.8. The summed E-state index contributed by atoms with van der Waals surface area (Å²) in [6.07, 6.45) is -21.8. The first kappa shape index (κ1) is 103. The number of phosphoric ester groups is 5. The molecule has 0 bridgehead atoms. The number of aromatic nitrogens is 22. The third kappa shape index (κ3) is 23.2. The Balaban J connectivity index is 0.528. The highest BCUT2D eigenvalue weighted by atomic mass is 31.2. The Morgan fingerprint density at radius 2 is 0.664 bits per heavy atom. The lowest BCUT2D eigenvalue weighted by Crippen LogP contribution is -2.33. The highest BCUT2D eigenvalue weighted by molar-refractivity contribution is 7.48. The second kappa shape index (κ2) is 42.2. The molecule has 23 atom stereocenters. The van der Waals surface area contributed by atoms with Gasteiger partial charge in [-0.15, -0.1) is 0 Å². The van der Waals surface area contributed by atoms with Crippen molar-refractivity contribution in [3.63, 3.8) is 0 Å². The number of ether oxygens (including phenoxy) is 9. The highest BCUT2D eigenvalue weighted by Crippen LogP contribution is 2.57. The molecule has 63 nitrogen and oxygen atoms in total. The molecule has 0 amide bonds. The van der Waals surface area contributed by atoms with E-state index in [1.165, 1.54) is 39.5 Å². The summed E-state index contributed by atoms with van der Waals surface area (Å²) in [5.74, 6) is -0.644. The van der Waals surface area contributed by atoms with Gasteiger partial charge in [0.1, 0.15) is 141 Å². The van der Waals surface area contributed by atoms with Crippen LogP contribution in [0.15, 0.2) is 152 Å². The molecule has 6 unspecified atom stereocenters. The van der Waals surface area contributed by atoms with Crippen molar-refractivity contribution < 1.29 is 140 Å². The van der Waals surface area contributed by atoms with E-state index in [1.807, 2.05) is 60.7 Å². The van der Waals surface area contributed by atoms with E-state index in [0.717, 1.165) is 50.1 Å². The minimum absolute atomic E-state index is 0.0000213. The normalized spacial score (nSPS) is 26.2. The Labute approximate surface area is 831 Å². The van der Waals surface area contributed by atoms with Crippen molar-refractivity contribution in [3.05, 3.63) is 208 Å². The van der Waals surface area contributed by atoms with Gasteiger partial charge in [0, 0.05) is 56.4 Å². The van der Waals surface area contributed by atoms with Crippen LogP contribution in [0.5, 0.6) is 11.5 Å². The van der Waals surface area contributed by atoms with Crippen molar-refractivity contribution in [1.29, 1.82) is 0 Å². The van der Waals surface area contributed by atoms with E-state index >= 15 is 0 Å². The van der Waals surface area contributed by atoms with Crippen molar-refractivity contribution >= 4 is 125 Å². The van der Waals surface area contributed by atoms with Crippen LogP contribution in [0.25, 0.3) is 55.8 Å². The number of aliphatic hydroxyl groups is 1. The number of aromatic amines is 5. The average Bonchev–Trinajstić information content (AvgIpc) is 1.63. The fourth-order valence-corrected chi connectivity index (χ4v) is 22.5. The number of rotatable bonds is 41. The molecule has 0 radical (unpaired) electrons. The molecule has 20 rings (SSSR count). The van der Waals surface area contributed by atoms with Crippen LogP contribution < -0.4 is 71.6 Å². The zero-order chi connectivity index (χ0) is 104. The van der Waals surface area contributed by atoms with Gasteiger partial charge < -0.3 is 101 Å². The van der Waals surface area contributed by atoms with E-state index in [0.29, 0.717) is 17.1 Å². The van der Waals surface area contributed by atoms with Crippen molar-refractivity contribution in [2.75, 3.05) is 68.3 Å². The van der Waals surface area contributed by atoms with E-state index in [2.05, 4.69) is 79.7 Å². The summed E-state index contributed by atoms with van der Waals surface area (Å²) in [5.41, 5.74) is 26.1. The van der Waals surface area contributed by atoms with E-state index in [1.54, 1.807) is 18.2 Å². The second-order valence-electron chi connectivity index (χ2n) is 34.8. The maximum absolute atomic E-state index is 14.8. The van der Waals surface area contributed by atoms with Gasteiger partial charge in [0.2, 0.25) is 23.8 Å². The molecule has 0 spiro atoms. The van der Waals surface area contributed by atoms with Gasteiger partial charge in [-0.2, -0.15) is 19.9 Å². The van der Waals surface area contributed by atoms with Crippen LogP contribution in [0.4, 0.5) is 29.6 Å². The third-order valence-electron chi connectivity index (χ3n) is 24.6. The third-order valence-corrected chi connectivity index (χ3v) is 29.7. The van der Waals surface area contributed by atoms with E-state index in [-0.39, 0.29) is 125 Å². The van der Waals surface area contributed by atoms with Crippen LogP contribution >= 0.6 is 39.1 Å². The zero-order valence-corrected chi connectivity index (χ0v) is 81.7. The summed E-state index contributed by atoms with van der Waals surface area (Å²) in [6, 6.07) is 23.9. The molecule has 792 valence electrons. The minimum Gasteiger partial charge on any atom is -0.489 e. The summed E-state index contributed by atoms with van der Waals surface area (Å²) < 4.78 is 193. The molecule has 6 saturated heterocycles. The number of nitrogens with two attached hydrogens (primary N) is 5. The summed E-state index contributed by atoms with van der Waals surface area (Å²) in [4.78, 5) is 194. The van der Waals surface area contributed by atoms with Gasteiger partial charge >= 0.3 is 44.8 Å². The largest absolute Gasteiger partial charge is 0.489 e. The van der Waals surface area contributed by atoms with E-state index in [4.69, 9.17) is 117 Å². The van der Waals surface area contributed by atoms with E-state index < -0.39 is 247 Å². The minimum atomic E-state index is -5.72. The van der Waals surface area contributed by atoms with Gasteiger partial charge in [-0.05, 0) is 35.7 Å². The lowest BCUT2D eigenvalue weighted by Gasteiger charge is -2.26. The van der Waals surface area contributed by atoms with E-state index in [9.17, 15) is 81.2 Å². The number of hydrogen-bond donors (Lipinski definition) is 16. The fourth-order valence-electron chi connectivity index (χ4n) is 17.7. The Hall–Kier alpha value is -12.9. The molecular weight excluding hydrogens is 2080 g/mol. The fraction of sp³-hybridized carbons (Fsp3) is 0.420. The van der Waals surface area contributed by atoms with Crippen molar-refractivity contribution in [2.45, 2.75) is 176 Å². The molecule has 0 saturated carbocycles. The van der Waals surface area contributed by atoms with Gasteiger partial charge in [-0.1, -0.05) is 60.7 Å². The van der Waals surface area contributed by atoms with Crippen molar-refractivity contribution in [3.8, 4) is 11.5 Å². The standard InChI is InChI=1S/C81H92N27O36P5/c1-37-21-103(81(115)102-72(37)110)56-16-44(50(135-56)25-126-22-40-12-41(127-23-38-8-4-2-5-9-38)14-42(13-40)128-24-39-10-6-3-7-11-39)140-146(118,119)130-28-52-46(18-58(137-52)106-34-91-63-69(106)95-78(84)99-74(63)112)143-148(122,123)132-30-54-48(20-60(139-54)108-36-93-65-71(108)97-80(86)101-76(65)114)144-149(124,125)133-29-53-47(19-59(138-53)107-35-92-64-70(107)96-79(85)100-75(64)113)142-147(120,121)131-27-51-45(17-57(136-51)104-32-89-61-66(82)87-31-88-67(61)104)141-145(116,117)129-26-49-43(109)15-55(134-49)105-33-90-62-68(105)94-77(83)98-73(62)111/h2-14,21,31-36,43-60,109H,15-20,22-30H2,1H3,(H,116,117)(H,118,119)(H,120,121)(H,122,123)(H,124,125)(H2,82,87,88)(H,102,110,115)(H3,83,94,98,111)(H3,84,95,99,112)(H3,85,96,100,113)(H3,86,97,101,114)/t43-,44-,45-,46-,47-,48-,49+,50+,51+,52+,53+,54+,55+,56+,57?,58+,59+,60+/m0/s1. The monoisotopic (exact) mass is 2170 g/mol. The molecule has 68 heteroatoms. The number of H-pyrrole nitrogens is 5. The number of aliphatic hydroxyl groups excluding tert-OH is 1. The summed E-state index contributed by atoms with van der Waals surface area (Å²) >= 11 is 0. The van der Waals surface area contributed by atoms with Crippen LogP contribution in [0.3, 0.4) is 0 Å². The number of hydrogen-bond acceptors (Lipinski definition) is 47. The molecule has 6 fully saturated rings. The first-order valence-electron chi connectivity index (χ1n) is 45.3. The number of aryl methyl sites for hydroxylation is 1. The molecule has 149 heavy (non-hydrogen) atoms. The van der Waals surface area contributed by atoms with Gasteiger partial charge in [-0.3, -0.25) is 122 Å².